The predicted octanol–water partition coefficient (Wildman–Crippen LogP) is 3.54. The number of rotatable bonds is 2. The van der Waals surface area contributed by atoms with Crippen LogP contribution in [0.3, 0.4) is 0 Å². The van der Waals surface area contributed by atoms with Crippen LogP contribution in [-0.4, -0.2) is 10.8 Å². The first kappa shape index (κ1) is 11.8. The number of hydrogen-bond donors (Lipinski definition) is 0. The van der Waals surface area contributed by atoms with Crippen LogP contribution in [0.25, 0.3) is 0 Å². The maximum Gasteiger partial charge on any atom is 0.136 e. The van der Waals surface area contributed by atoms with Crippen LogP contribution >= 0.6 is 15.9 Å². The molecule has 1 fully saturated rings. The molecule has 2 nitrogen and oxygen atoms in total. The molecule has 86 valence electrons. The van der Waals surface area contributed by atoms with E-state index in [-0.39, 0.29) is 5.92 Å². The smallest absolute Gasteiger partial charge is 0.136 e. The van der Waals surface area contributed by atoms with Crippen molar-refractivity contribution in [3.05, 3.63) is 28.5 Å². The fourth-order valence-electron chi connectivity index (χ4n) is 2.23. The van der Waals surface area contributed by atoms with Gasteiger partial charge in [0.2, 0.25) is 0 Å². The van der Waals surface area contributed by atoms with Gasteiger partial charge >= 0.3 is 0 Å². The summed E-state index contributed by atoms with van der Waals surface area (Å²) in [4.78, 5) is 16.2. The lowest BCUT2D eigenvalue weighted by Gasteiger charge is -2.11. The quantitative estimate of drug-likeness (QED) is 0.777. The Hall–Kier alpha value is -0.700. The first-order valence-electron chi connectivity index (χ1n) is 5.89. The molecule has 1 aromatic rings. The topological polar surface area (TPSA) is 30.0 Å². The fraction of sp³-hybridized carbons (Fsp3) is 0.538. The lowest BCUT2D eigenvalue weighted by Crippen LogP contribution is -2.15. The van der Waals surface area contributed by atoms with Crippen molar-refractivity contribution in [1.82, 2.24) is 4.98 Å². The minimum absolute atomic E-state index is 0.205. The van der Waals surface area contributed by atoms with Gasteiger partial charge in [-0.2, -0.15) is 0 Å². The second kappa shape index (κ2) is 5.58. The molecule has 3 heteroatoms. The molecule has 0 spiro atoms. The van der Waals surface area contributed by atoms with Crippen molar-refractivity contribution < 1.29 is 4.79 Å². The summed E-state index contributed by atoms with van der Waals surface area (Å²) in [7, 11) is 0. The molecule has 0 N–H and O–H groups in total. The summed E-state index contributed by atoms with van der Waals surface area (Å²) in [6, 6.07) is 3.99. The molecule has 1 aliphatic rings. The monoisotopic (exact) mass is 281 g/mol. The van der Waals surface area contributed by atoms with Crippen LogP contribution in [0.1, 0.15) is 37.8 Å². The first-order valence-corrected chi connectivity index (χ1v) is 6.68. The molecule has 1 aliphatic carbocycles. The van der Waals surface area contributed by atoms with Crippen LogP contribution in [0.4, 0.5) is 0 Å². The summed E-state index contributed by atoms with van der Waals surface area (Å²) < 4.78 is 0.989. The first-order chi connectivity index (χ1) is 7.75. The van der Waals surface area contributed by atoms with Crippen molar-refractivity contribution in [2.24, 2.45) is 5.92 Å². The predicted molar refractivity (Wildman–Crippen MR) is 67.2 cm³/mol. The molecule has 1 saturated carbocycles. The molecule has 0 bridgehead atoms. The Balaban J connectivity index is 2.02. The van der Waals surface area contributed by atoms with Crippen molar-refractivity contribution in [1.29, 1.82) is 0 Å². The summed E-state index contributed by atoms with van der Waals surface area (Å²) in [5.74, 6) is 0.637. The number of hydrogen-bond acceptors (Lipinski definition) is 2. The Morgan fingerprint density at radius 2 is 2.19 bits per heavy atom. The van der Waals surface area contributed by atoms with Crippen molar-refractivity contribution in [2.45, 2.75) is 38.5 Å². The largest absolute Gasteiger partial charge is 0.299 e. The third kappa shape index (κ3) is 3.14. The van der Waals surface area contributed by atoms with Crippen molar-refractivity contribution >= 4 is 21.7 Å². The van der Waals surface area contributed by atoms with E-state index >= 15 is 0 Å². The van der Waals surface area contributed by atoms with Crippen LogP contribution in [0, 0.1) is 5.92 Å². The Labute approximate surface area is 105 Å². The van der Waals surface area contributed by atoms with Gasteiger partial charge in [-0.25, -0.2) is 0 Å². The van der Waals surface area contributed by atoms with Gasteiger partial charge in [0, 0.05) is 28.7 Å². The summed E-state index contributed by atoms with van der Waals surface area (Å²) in [5.41, 5.74) is 1.03. The zero-order valence-corrected chi connectivity index (χ0v) is 10.9. The highest BCUT2D eigenvalue weighted by molar-refractivity contribution is 9.10. The van der Waals surface area contributed by atoms with E-state index in [9.17, 15) is 4.79 Å². The summed E-state index contributed by atoms with van der Waals surface area (Å²) in [6.45, 7) is 0. The van der Waals surface area contributed by atoms with E-state index in [1.807, 2.05) is 12.1 Å². The van der Waals surface area contributed by atoms with Crippen molar-refractivity contribution in [3.63, 3.8) is 0 Å². The van der Waals surface area contributed by atoms with Crippen molar-refractivity contribution in [2.75, 3.05) is 0 Å². The third-order valence-corrected chi connectivity index (χ3v) is 3.64. The number of aromatic nitrogens is 1. The lowest BCUT2D eigenvalue weighted by atomic mass is 9.93. The molecular formula is C13H16BrNO. The second-order valence-corrected chi connectivity index (χ2v) is 5.35. The Morgan fingerprint density at radius 3 is 2.94 bits per heavy atom. The Bertz CT molecular complexity index is 361. The molecule has 0 amide bonds. The summed E-state index contributed by atoms with van der Waals surface area (Å²) in [5, 5.41) is 0. The van der Waals surface area contributed by atoms with Crippen molar-refractivity contribution in [3.8, 4) is 0 Å². The van der Waals surface area contributed by atoms with Gasteiger partial charge in [-0.05, 0) is 47.3 Å². The zero-order chi connectivity index (χ0) is 11.4. The normalized spacial score (nSPS) is 21.8. The summed E-state index contributed by atoms with van der Waals surface area (Å²) >= 11 is 3.37. The van der Waals surface area contributed by atoms with Gasteiger partial charge < -0.3 is 0 Å². The number of carbonyl (C=O) groups is 1. The SMILES string of the molecule is O=C1CCCCCC1Cc1ccc(Br)cn1. The van der Waals surface area contributed by atoms with Gasteiger partial charge in [0.05, 0.1) is 0 Å². The van der Waals surface area contributed by atoms with Gasteiger partial charge in [-0.1, -0.05) is 12.8 Å². The minimum atomic E-state index is 0.205. The van der Waals surface area contributed by atoms with Crippen LogP contribution in [-0.2, 0) is 11.2 Å². The van der Waals surface area contributed by atoms with Crippen LogP contribution in [0.15, 0.2) is 22.8 Å². The van der Waals surface area contributed by atoms with Gasteiger partial charge in [0.25, 0.3) is 0 Å². The number of pyridine rings is 1. The second-order valence-electron chi connectivity index (χ2n) is 4.43. The highest BCUT2D eigenvalue weighted by atomic mass is 79.9. The molecule has 1 atom stereocenters. The molecule has 2 rings (SSSR count). The maximum absolute atomic E-state index is 11.8. The zero-order valence-electron chi connectivity index (χ0n) is 9.29. The van der Waals surface area contributed by atoms with E-state index in [1.54, 1.807) is 6.20 Å². The van der Waals surface area contributed by atoms with E-state index in [2.05, 4.69) is 20.9 Å². The minimum Gasteiger partial charge on any atom is -0.299 e. The molecule has 0 radical (unpaired) electrons. The lowest BCUT2D eigenvalue weighted by molar-refractivity contribution is -0.122. The average Bonchev–Trinajstić information content (AvgIpc) is 2.48. The standard InChI is InChI=1S/C13H16BrNO/c14-11-6-7-12(15-9-11)8-10-4-2-1-3-5-13(10)16/h6-7,9-10H,1-5,8H2. The number of ketones is 1. The van der Waals surface area contributed by atoms with Gasteiger partial charge in [0.1, 0.15) is 5.78 Å². The molecule has 16 heavy (non-hydrogen) atoms. The highest BCUT2D eigenvalue weighted by Crippen LogP contribution is 2.23. The molecule has 1 unspecified atom stereocenters. The number of carbonyl (C=O) groups excluding carboxylic acids is 1. The van der Waals surface area contributed by atoms with E-state index in [0.717, 1.165) is 35.8 Å². The van der Waals surface area contributed by atoms with Crippen LogP contribution in [0.5, 0.6) is 0 Å². The average molecular weight is 282 g/mol. The number of nitrogens with zero attached hydrogens (tertiary/aromatic N) is 1. The summed E-state index contributed by atoms with van der Waals surface area (Å²) in [6.07, 6.45) is 7.88. The Morgan fingerprint density at radius 1 is 1.31 bits per heavy atom. The van der Waals surface area contributed by atoms with E-state index in [0.29, 0.717) is 5.78 Å². The van der Waals surface area contributed by atoms with Gasteiger partial charge in [-0.15, -0.1) is 0 Å². The maximum atomic E-state index is 11.8. The van der Waals surface area contributed by atoms with E-state index < -0.39 is 0 Å². The van der Waals surface area contributed by atoms with Crippen LogP contribution in [0.2, 0.25) is 0 Å². The Kier molecular flexibility index (Phi) is 4.10. The number of Topliss-reactive ketones (excluding diaryl/α,β-unsaturated/α-hetero) is 1. The molecule has 0 saturated heterocycles. The molecule has 0 aromatic carbocycles. The van der Waals surface area contributed by atoms with Gasteiger partial charge in [0.15, 0.2) is 0 Å². The van der Waals surface area contributed by atoms with Crippen LogP contribution < -0.4 is 0 Å². The molecular weight excluding hydrogens is 266 g/mol. The fourth-order valence-corrected chi connectivity index (χ4v) is 2.46. The third-order valence-electron chi connectivity index (χ3n) is 3.18. The van der Waals surface area contributed by atoms with Gasteiger partial charge in [-0.3, -0.25) is 9.78 Å². The molecule has 0 aliphatic heterocycles. The molecule has 1 heterocycles. The highest BCUT2D eigenvalue weighted by Gasteiger charge is 2.21. The molecule has 1 aromatic heterocycles. The number of halogens is 1. The van der Waals surface area contributed by atoms with E-state index in [1.165, 1.54) is 12.8 Å². The van der Waals surface area contributed by atoms with E-state index in [4.69, 9.17) is 0 Å².